The smallest absolute Gasteiger partial charge is 0.191 e. The van der Waals surface area contributed by atoms with Crippen LogP contribution < -0.4 is 15.5 Å². The Balaban J connectivity index is 1.38. The van der Waals surface area contributed by atoms with Crippen LogP contribution in [0.3, 0.4) is 0 Å². The molecule has 1 aliphatic rings. The molecule has 1 aromatic heterocycles. The highest BCUT2D eigenvalue weighted by Gasteiger charge is 2.14. The van der Waals surface area contributed by atoms with Gasteiger partial charge in [-0.05, 0) is 50.8 Å². The van der Waals surface area contributed by atoms with Gasteiger partial charge in [0.15, 0.2) is 5.96 Å². The van der Waals surface area contributed by atoms with E-state index in [9.17, 15) is 0 Å². The fraction of sp³-hybridized carbons (Fsp3) is 0.609. The number of hydrogen-bond acceptors (Lipinski definition) is 4. The molecule has 1 aromatic carbocycles. The number of guanidine groups is 1. The van der Waals surface area contributed by atoms with Crippen molar-refractivity contribution in [2.75, 3.05) is 38.1 Å². The number of aryl methyl sites for hydroxylation is 3. The molecule has 1 aliphatic heterocycles. The molecule has 0 amide bonds. The van der Waals surface area contributed by atoms with Gasteiger partial charge in [-0.15, -0.1) is 10.2 Å². The van der Waals surface area contributed by atoms with E-state index < -0.39 is 0 Å². The second-order valence-electron chi connectivity index (χ2n) is 7.94. The van der Waals surface area contributed by atoms with Gasteiger partial charge in [-0.25, -0.2) is 0 Å². The van der Waals surface area contributed by atoms with Crippen LogP contribution in [0.2, 0.25) is 0 Å². The predicted octanol–water partition coefficient (Wildman–Crippen LogP) is 2.94. The Kier molecular flexibility index (Phi) is 8.53. The lowest BCUT2D eigenvalue weighted by Crippen LogP contribution is -2.42. The minimum absolute atomic E-state index is 0.846. The summed E-state index contributed by atoms with van der Waals surface area (Å²) in [5.74, 6) is 3.16. The summed E-state index contributed by atoms with van der Waals surface area (Å²) in [4.78, 5) is 6.74. The Morgan fingerprint density at radius 3 is 2.83 bits per heavy atom. The van der Waals surface area contributed by atoms with E-state index in [1.807, 2.05) is 7.05 Å². The van der Waals surface area contributed by atoms with Gasteiger partial charge in [0.05, 0.1) is 0 Å². The van der Waals surface area contributed by atoms with Gasteiger partial charge in [-0.2, -0.15) is 0 Å². The number of aliphatic imine (C=N–C) groups is 1. The minimum atomic E-state index is 0.846. The summed E-state index contributed by atoms with van der Waals surface area (Å²) in [6.45, 7) is 9.05. The van der Waals surface area contributed by atoms with E-state index in [4.69, 9.17) is 0 Å². The fourth-order valence-corrected chi connectivity index (χ4v) is 4.01. The number of hydrogen-bond donors (Lipinski definition) is 2. The lowest BCUT2D eigenvalue weighted by atomic mass is 10.2. The third kappa shape index (κ3) is 6.21. The van der Waals surface area contributed by atoms with Gasteiger partial charge in [0.2, 0.25) is 0 Å². The zero-order valence-electron chi connectivity index (χ0n) is 18.8. The SMILES string of the molecule is CCN(CCNC(=NC)NCCCc1nnc2n1CCCCC2)c1cccc(C)c1. The maximum atomic E-state index is 4.42. The Morgan fingerprint density at radius 1 is 1.17 bits per heavy atom. The topological polar surface area (TPSA) is 70.4 Å². The van der Waals surface area contributed by atoms with Gasteiger partial charge in [0.1, 0.15) is 11.6 Å². The molecule has 0 atom stereocenters. The van der Waals surface area contributed by atoms with Crippen molar-refractivity contribution in [1.29, 1.82) is 0 Å². The number of likely N-dealkylation sites (N-methyl/N-ethyl adjacent to an activating group) is 1. The normalized spacial score (nSPS) is 14.2. The molecule has 2 aromatic rings. The average Bonchev–Trinajstić information content (AvgIpc) is 2.98. The summed E-state index contributed by atoms with van der Waals surface area (Å²) >= 11 is 0. The highest BCUT2D eigenvalue weighted by molar-refractivity contribution is 5.79. The van der Waals surface area contributed by atoms with Crippen molar-refractivity contribution < 1.29 is 0 Å². The van der Waals surface area contributed by atoms with Crippen LogP contribution in [0.5, 0.6) is 0 Å². The predicted molar refractivity (Wildman–Crippen MR) is 124 cm³/mol. The van der Waals surface area contributed by atoms with Crippen LogP contribution in [0.15, 0.2) is 29.3 Å². The van der Waals surface area contributed by atoms with Crippen LogP contribution in [-0.4, -0.2) is 54.0 Å². The summed E-state index contributed by atoms with van der Waals surface area (Å²) in [5.41, 5.74) is 2.57. The van der Waals surface area contributed by atoms with E-state index in [-0.39, 0.29) is 0 Å². The molecule has 0 saturated carbocycles. The summed E-state index contributed by atoms with van der Waals surface area (Å²) in [7, 11) is 1.83. The van der Waals surface area contributed by atoms with Crippen molar-refractivity contribution in [3.63, 3.8) is 0 Å². The van der Waals surface area contributed by atoms with E-state index in [2.05, 4.69) is 73.4 Å². The van der Waals surface area contributed by atoms with Crippen molar-refractivity contribution in [3.8, 4) is 0 Å². The number of rotatable bonds is 9. The van der Waals surface area contributed by atoms with Gasteiger partial charge in [0.25, 0.3) is 0 Å². The monoisotopic (exact) mass is 411 g/mol. The molecule has 0 spiro atoms. The highest BCUT2D eigenvalue weighted by Crippen LogP contribution is 2.16. The summed E-state index contributed by atoms with van der Waals surface area (Å²) in [5, 5.41) is 15.7. The van der Waals surface area contributed by atoms with Gasteiger partial charge >= 0.3 is 0 Å². The quantitative estimate of drug-likeness (QED) is 0.377. The summed E-state index contributed by atoms with van der Waals surface area (Å²) < 4.78 is 2.34. The average molecular weight is 412 g/mol. The van der Waals surface area contributed by atoms with Gasteiger partial charge < -0.3 is 20.1 Å². The zero-order valence-corrected chi connectivity index (χ0v) is 18.8. The Labute approximate surface area is 181 Å². The largest absolute Gasteiger partial charge is 0.370 e. The van der Waals surface area contributed by atoms with Crippen molar-refractivity contribution in [1.82, 2.24) is 25.4 Å². The third-order valence-corrected chi connectivity index (χ3v) is 5.70. The Bertz CT molecular complexity index is 812. The molecule has 2 heterocycles. The van der Waals surface area contributed by atoms with E-state index in [0.717, 1.165) is 63.8 Å². The molecule has 0 radical (unpaired) electrons. The van der Waals surface area contributed by atoms with Gasteiger partial charge in [-0.1, -0.05) is 18.6 Å². The third-order valence-electron chi connectivity index (χ3n) is 5.70. The maximum Gasteiger partial charge on any atom is 0.191 e. The van der Waals surface area contributed by atoms with Crippen molar-refractivity contribution in [3.05, 3.63) is 41.5 Å². The number of nitrogens with zero attached hydrogens (tertiary/aromatic N) is 5. The van der Waals surface area contributed by atoms with Gasteiger partial charge in [0, 0.05) is 58.3 Å². The first-order valence-electron chi connectivity index (χ1n) is 11.4. The van der Waals surface area contributed by atoms with Crippen molar-refractivity contribution in [2.24, 2.45) is 4.99 Å². The molecule has 7 nitrogen and oxygen atoms in total. The van der Waals surface area contributed by atoms with Crippen molar-refractivity contribution in [2.45, 2.75) is 58.9 Å². The second-order valence-corrected chi connectivity index (χ2v) is 7.94. The zero-order chi connectivity index (χ0) is 21.2. The molecule has 164 valence electrons. The van der Waals surface area contributed by atoms with E-state index >= 15 is 0 Å². The molecule has 0 unspecified atom stereocenters. The van der Waals surface area contributed by atoms with Crippen LogP contribution in [-0.2, 0) is 19.4 Å². The van der Waals surface area contributed by atoms with E-state index in [0.29, 0.717) is 0 Å². The first kappa shape index (κ1) is 22.1. The van der Waals surface area contributed by atoms with Crippen LogP contribution in [0.4, 0.5) is 5.69 Å². The Hall–Kier alpha value is -2.57. The summed E-state index contributed by atoms with van der Waals surface area (Å²) in [6.07, 6.45) is 6.81. The molecule has 3 rings (SSSR count). The number of aromatic nitrogens is 3. The lowest BCUT2D eigenvalue weighted by molar-refractivity contribution is 0.593. The molecule has 2 N–H and O–H groups in total. The van der Waals surface area contributed by atoms with E-state index in [1.54, 1.807) is 0 Å². The first-order chi connectivity index (χ1) is 14.7. The van der Waals surface area contributed by atoms with E-state index in [1.165, 1.54) is 36.3 Å². The van der Waals surface area contributed by atoms with Crippen LogP contribution >= 0.6 is 0 Å². The van der Waals surface area contributed by atoms with Crippen LogP contribution in [0.25, 0.3) is 0 Å². The second kappa shape index (κ2) is 11.6. The lowest BCUT2D eigenvalue weighted by Gasteiger charge is -2.24. The maximum absolute atomic E-state index is 4.42. The molecule has 7 heteroatoms. The van der Waals surface area contributed by atoms with Crippen molar-refractivity contribution >= 4 is 11.6 Å². The molecular formula is C23H37N7. The van der Waals surface area contributed by atoms with Gasteiger partial charge in [-0.3, -0.25) is 4.99 Å². The molecule has 0 aliphatic carbocycles. The number of anilines is 1. The first-order valence-corrected chi connectivity index (χ1v) is 11.4. The number of nitrogens with one attached hydrogen (secondary N) is 2. The Morgan fingerprint density at radius 2 is 2.03 bits per heavy atom. The van der Waals surface area contributed by atoms with Crippen LogP contribution in [0.1, 0.15) is 49.8 Å². The van der Waals surface area contributed by atoms with Crippen LogP contribution in [0, 0.1) is 6.92 Å². The molecule has 0 bridgehead atoms. The fourth-order valence-electron chi connectivity index (χ4n) is 4.01. The molecule has 0 saturated heterocycles. The minimum Gasteiger partial charge on any atom is -0.370 e. The number of benzene rings is 1. The molecule has 0 fully saturated rings. The summed E-state index contributed by atoms with van der Waals surface area (Å²) in [6, 6.07) is 8.67. The number of fused-ring (bicyclic) bond motifs is 1. The molecule has 30 heavy (non-hydrogen) atoms. The standard InChI is InChI=1S/C23H37N7/c1-4-29(20-11-8-10-19(2)18-20)17-15-26-23(24-3)25-14-9-13-22-28-27-21-12-6-5-7-16-30(21)22/h8,10-11,18H,4-7,9,12-17H2,1-3H3,(H2,24,25,26). The molecular weight excluding hydrogens is 374 g/mol. The highest BCUT2D eigenvalue weighted by atomic mass is 15.3.